The third-order valence-corrected chi connectivity index (χ3v) is 2.83. The number of carbonyl (C=O) groups is 2. The lowest BCUT2D eigenvalue weighted by Crippen LogP contribution is -2.40. The smallest absolute Gasteiger partial charge is 0.389 e. The van der Waals surface area contributed by atoms with Crippen molar-refractivity contribution < 1.29 is 32.6 Å². The zero-order valence-electron chi connectivity index (χ0n) is 10.9. The standard InChI is InChI=1S/C11H17F3N2O4/c1-20-5-8(17)3-15-10(19)7-2-9(18)16(4-7)6-11(12,13)14/h7-8,17H,2-6H2,1H3,(H,15,19). The number of alkyl halides is 3. The van der Waals surface area contributed by atoms with E-state index >= 15 is 0 Å². The Morgan fingerprint density at radius 3 is 2.80 bits per heavy atom. The summed E-state index contributed by atoms with van der Waals surface area (Å²) in [4.78, 5) is 23.7. The van der Waals surface area contributed by atoms with Crippen molar-refractivity contribution in [3.63, 3.8) is 0 Å². The van der Waals surface area contributed by atoms with E-state index in [1.807, 2.05) is 0 Å². The number of hydrogen-bond donors (Lipinski definition) is 2. The second-order valence-corrected chi connectivity index (χ2v) is 4.64. The molecule has 0 aliphatic carbocycles. The number of nitrogens with zero attached hydrogens (tertiary/aromatic N) is 1. The fourth-order valence-electron chi connectivity index (χ4n) is 1.93. The van der Waals surface area contributed by atoms with Gasteiger partial charge >= 0.3 is 6.18 Å². The summed E-state index contributed by atoms with van der Waals surface area (Å²) in [5.41, 5.74) is 0. The van der Waals surface area contributed by atoms with E-state index < -0.39 is 36.6 Å². The molecule has 0 bridgehead atoms. The first kappa shape index (κ1) is 16.7. The Balaban J connectivity index is 2.42. The number of rotatable bonds is 6. The molecule has 0 spiro atoms. The molecule has 1 heterocycles. The average Bonchev–Trinajstić information content (AvgIpc) is 2.66. The van der Waals surface area contributed by atoms with Crippen LogP contribution in [0.15, 0.2) is 0 Å². The van der Waals surface area contributed by atoms with Gasteiger partial charge in [0.1, 0.15) is 6.54 Å². The number of methoxy groups -OCH3 is 1. The Morgan fingerprint density at radius 2 is 2.25 bits per heavy atom. The minimum atomic E-state index is -4.48. The predicted molar refractivity (Wildman–Crippen MR) is 61.6 cm³/mol. The highest BCUT2D eigenvalue weighted by molar-refractivity contribution is 5.89. The summed E-state index contributed by atoms with van der Waals surface area (Å²) >= 11 is 0. The summed E-state index contributed by atoms with van der Waals surface area (Å²) in [6, 6.07) is 0. The number of aliphatic hydroxyl groups is 1. The molecular formula is C11H17F3N2O4. The first-order valence-corrected chi connectivity index (χ1v) is 6.02. The monoisotopic (exact) mass is 298 g/mol. The highest BCUT2D eigenvalue weighted by Gasteiger charge is 2.40. The van der Waals surface area contributed by atoms with Crippen molar-refractivity contribution in [1.82, 2.24) is 10.2 Å². The van der Waals surface area contributed by atoms with Crippen LogP contribution < -0.4 is 5.32 Å². The van der Waals surface area contributed by atoms with Gasteiger partial charge in [-0.25, -0.2) is 0 Å². The van der Waals surface area contributed by atoms with Crippen LogP contribution in [0.3, 0.4) is 0 Å². The predicted octanol–water partition coefficient (Wildman–Crippen LogP) is -0.479. The van der Waals surface area contributed by atoms with Crippen molar-refractivity contribution in [3.05, 3.63) is 0 Å². The van der Waals surface area contributed by atoms with Crippen LogP contribution in [0.25, 0.3) is 0 Å². The number of carbonyl (C=O) groups excluding carboxylic acids is 2. The zero-order valence-corrected chi connectivity index (χ0v) is 10.9. The third kappa shape index (κ3) is 5.33. The summed E-state index contributed by atoms with van der Waals surface area (Å²) in [6.07, 6.45) is -5.62. The lowest BCUT2D eigenvalue weighted by atomic mass is 10.1. The summed E-state index contributed by atoms with van der Waals surface area (Å²) < 4.78 is 41.3. The van der Waals surface area contributed by atoms with Crippen LogP contribution in [-0.4, -0.2) is 67.5 Å². The van der Waals surface area contributed by atoms with Gasteiger partial charge in [0, 0.05) is 26.6 Å². The van der Waals surface area contributed by atoms with Crippen molar-refractivity contribution in [2.24, 2.45) is 5.92 Å². The van der Waals surface area contributed by atoms with E-state index in [0.717, 1.165) is 0 Å². The maximum absolute atomic E-state index is 12.2. The van der Waals surface area contributed by atoms with E-state index in [0.29, 0.717) is 4.90 Å². The molecule has 0 saturated carbocycles. The van der Waals surface area contributed by atoms with Crippen molar-refractivity contribution in [3.8, 4) is 0 Å². The molecule has 1 aliphatic rings. The fourth-order valence-corrected chi connectivity index (χ4v) is 1.93. The molecule has 2 unspecified atom stereocenters. The molecule has 116 valence electrons. The SMILES string of the molecule is COCC(O)CNC(=O)C1CC(=O)N(CC(F)(F)F)C1. The molecule has 2 N–H and O–H groups in total. The molecule has 0 aromatic heterocycles. The zero-order chi connectivity index (χ0) is 15.3. The molecule has 6 nitrogen and oxygen atoms in total. The van der Waals surface area contributed by atoms with Crippen LogP contribution in [-0.2, 0) is 14.3 Å². The minimum Gasteiger partial charge on any atom is -0.389 e. The van der Waals surface area contributed by atoms with E-state index in [-0.39, 0.29) is 26.1 Å². The van der Waals surface area contributed by atoms with E-state index in [2.05, 4.69) is 10.1 Å². The molecule has 1 saturated heterocycles. The number of amides is 2. The Labute approximate surface area is 113 Å². The molecule has 2 atom stereocenters. The highest BCUT2D eigenvalue weighted by Crippen LogP contribution is 2.23. The molecule has 20 heavy (non-hydrogen) atoms. The molecule has 9 heteroatoms. The number of hydrogen-bond acceptors (Lipinski definition) is 4. The molecule has 0 radical (unpaired) electrons. The lowest BCUT2D eigenvalue weighted by Gasteiger charge is -2.18. The fraction of sp³-hybridized carbons (Fsp3) is 0.818. The Kier molecular flexibility index (Phi) is 5.75. The Hall–Kier alpha value is -1.35. The highest BCUT2D eigenvalue weighted by atomic mass is 19.4. The van der Waals surface area contributed by atoms with Gasteiger partial charge in [-0.1, -0.05) is 0 Å². The Bertz CT molecular complexity index is 362. The first-order chi connectivity index (χ1) is 9.23. The maximum atomic E-state index is 12.2. The van der Waals surface area contributed by atoms with E-state index in [9.17, 15) is 27.9 Å². The van der Waals surface area contributed by atoms with Crippen molar-refractivity contribution in [2.45, 2.75) is 18.7 Å². The molecule has 2 amide bonds. The third-order valence-electron chi connectivity index (χ3n) is 2.83. The summed E-state index contributed by atoms with van der Waals surface area (Å²) in [7, 11) is 1.38. The van der Waals surface area contributed by atoms with Gasteiger partial charge in [-0.05, 0) is 0 Å². The van der Waals surface area contributed by atoms with Crippen LogP contribution in [0, 0.1) is 5.92 Å². The number of nitrogens with one attached hydrogen (secondary N) is 1. The summed E-state index contributed by atoms with van der Waals surface area (Å²) in [5.74, 6) is -2.06. The van der Waals surface area contributed by atoms with Crippen molar-refractivity contribution in [1.29, 1.82) is 0 Å². The normalized spacial score (nSPS) is 21.1. The molecule has 1 fully saturated rings. The number of aliphatic hydroxyl groups excluding tert-OH is 1. The molecule has 0 aromatic carbocycles. The summed E-state index contributed by atoms with van der Waals surface area (Å²) in [6.45, 7) is -1.65. The van der Waals surface area contributed by atoms with E-state index in [4.69, 9.17) is 0 Å². The van der Waals surface area contributed by atoms with Crippen LogP contribution in [0.4, 0.5) is 13.2 Å². The second-order valence-electron chi connectivity index (χ2n) is 4.64. The topological polar surface area (TPSA) is 78.9 Å². The van der Waals surface area contributed by atoms with Gasteiger partial charge < -0.3 is 20.1 Å². The molecule has 0 aromatic rings. The van der Waals surface area contributed by atoms with Crippen LogP contribution >= 0.6 is 0 Å². The van der Waals surface area contributed by atoms with E-state index in [1.165, 1.54) is 7.11 Å². The van der Waals surface area contributed by atoms with Gasteiger partial charge in [-0.15, -0.1) is 0 Å². The van der Waals surface area contributed by atoms with Crippen molar-refractivity contribution in [2.75, 3.05) is 33.4 Å². The molecule has 1 aliphatic heterocycles. The van der Waals surface area contributed by atoms with Gasteiger partial charge in [0.25, 0.3) is 0 Å². The minimum absolute atomic E-state index is 0.0318. The van der Waals surface area contributed by atoms with Gasteiger partial charge in [0.15, 0.2) is 0 Å². The molecule has 1 rings (SSSR count). The maximum Gasteiger partial charge on any atom is 0.406 e. The van der Waals surface area contributed by atoms with Gasteiger partial charge in [-0.3, -0.25) is 9.59 Å². The number of halogens is 3. The largest absolute Gasteiger partial charge is 0.406 e. The summed E-state index contributed by atoms with van der Waals surface area (Å²) in [5, 5.41) is 11.7. The van der Waals surface area contributed by atoms with Crippen LogP contribution in [0.2, 0.25) is 0 Å². The van der Waals surface area contributed by atoms with Gasteiger partial charge in [0.2, 0.25) is 11.8 Å². The number of ether oxygens (including phenoxy) is 1. The molecular weight excluding hydrogens is 281 g/mol. The first-order valence-electron chi connectivity index (χ1n) is 6.02. The van der Waals surface area contributed by atoms with Gasteiger partial charge in [0.05, 0.1) is 18.6 Å². The van der Waals surface area contributed by atoms with Crippen LogP contribution in [0.5, 0.6) is 0 Å². The average molecular weight is 298 g/mol. The second kappa shape index (κ2) is 6.89. The Morgan fingerprint density at radius 1 is 1.60 bits per heavy atom. The van der Waals surface area contributed by atoms with Gasteiger partial charge in [-0.2, -0.15) is 13.2 Å². The lowest BCUT2D eigenvalue weighted by molar-refractivity contribution is -0.157. The van der Waals surface area contributed by atoms with Crippen LogP contribution in [0.1, 0.15) is 6.42 Å². The quantitative estimate of drug-likeness (QED) is 0.694. The number of likely N-dealkylation sites (tertiary alicyclic amines) is 1. The van der Waals surface area contributed by atoms with Crippen molar-refractivity contribution >= 4 is 11.8 Å². The van der Waals surface area contributed by atoms with E-state index in [1.54, 1.807) is 0 Å².